The topological polar surface area (TPSA) is 69.5 Å². The zero-order valence-electron chi connectivity index (χ0n) is 20.1. The standard InChI is InChI=1S/C26H29F3N4O2/c1-16-17(2)23(35-11-5-4-10-30)8-7-22(16)18(3)32-14-21-12-20(32)15-33(21)25(34)19-6-9-24(31-13-19)26(27,28)29/h6-9,13,18,20-21H,4-5,11-12,14-15H2,1-3H3/t18-,20-,21-/m0/s1. The number of halogens is 3. The van der Waals surface area contributed by atoms with Crippen molar-refractivity contribution in [1.82, 2.24) is 14.8 Å². The maximum absolute atomic E-state index is 13.0. The highest BCUT2D eigenvalue weighted by Gasteiger charge is 2.47. The number of piperazine rings is 1. The van der Waals surface area contributed by atoms with Crippen molar-refractivity contribution in [3.8, 4) is 11.8 Å². The number of amides is 1. The van der Waals surface area contributed by atoms with Crippen molar-refractivity contribution in [3.05, 3.63) is 58.4 Å². The third-order valence-corrected chi connectivity index (χ3v) is 7.26. The minimum absolute atomic E-state index is 0.0291. The summed E-state index contributed by atoms with van der Waals surface area (Å²) in [6.45, 7) is 8.08. The molecule has 9 heteroatoms. The Morgan fingerprint density at radius 1 is 1.20 bits per heavy atom. The number of nitriles is 1. The van der Waals surface area contributed by atoms with Crippen molar-refractivity contribution >= 4 is 5.91 Å². The smallest absolute Gasteiger partial charge is 0.433 e. The van der Waals surface area contributed by atoms with Gasteiger partial charge in [-0.15, -0.1) is 0 Å². The molecular formula is C26H29F3N4O2. The van der Waals surface area contributed by atoms with Crippen molar-refractivity contribution in [1.29, 1.82) is 5.26 Å². The number of benzene rings is 1. The minimum atomic E-state index is -4.52. The summed E-state index contributed by atoms with van der Waals surface area (Å²) in [5, 5.41) is 8.68. The summed E-state index contributed by atoms with van der Waals surface area (Å²) < 4.78 is 44.2. The first kappa shape index (κ1) is 25.0. The highest BCUT2D eigenvalue weighted by atomic mass is 19.4. The van der Waals surface area contributed by atoms with E-state index in [-0.39, 0.29) is 29.6 Å². The van der Waals surface area contributed by atoms with E-state index in [0.717, 1.165) is 36.5 Å². The summed E-state index contributed by atoms with van der Waals surface area (Å²) in [4.78, 5) is 20.6. The maximum Gasteiger partial charge on any atom is 0.433 e. The average molecular weight is 487 g/mol. The molecule has 0 spiro atoms. The third-order valence-electron chi connectivity index (χ3n) is 7.26. The average Bonchev–Trinajstić information content (AvgIpc) is 3.44. The quantitative estimate of drug-likeness (QED) is 0.512. The normalized spacial score (nSPS) is 20.7. The molecule has 1 aromatic carbocycles. The number of aromatic nitrogens is 1. The van der Waals surface area contributed by atoms with E-state index < -0.39 is 11.9 Å². The molecule has 3 atom stereocenters. The Hall–Kier alpha value is -3.12. The molecule has 0 aliphatic carbocycles. The van der Waals surface area contributed by atoms with E-state index >= 15 is 0 Å². The van der Waals surface area contributed by atoms with Crippen LogP contribution in [0.4, 0.5) is 13.2 Å². The van der Waals surface area contributed by atoms with Gasteiger partial charge >= 0.3 is 6.18 Å². The van der Waals surface area contributed by atoms with E-state index in [1.807, 2.05) is 13.0 Å². The van der Waals surface area contributed by atoms with Gasteiger partial charge in [-0.2, -0.15) is 18.4 Å². The predicted octanol–water partition coefficient (Wildman–Crippen LogP) is 5.06. The molecule has 2 saturated heterocycles. The second-order valence-electron chi connectivity index (χ2n) is 9.32. The first-order valence-electron chi connectivity index (χ1n) is 11.8. The molecule has 0 radical (unpaired) electrons. The van der Waals surface area contributed by atoms with Crippen LogP contribution in [0, 0.1) is 25.2 Å². The lowest BCUT2D eigenvalue weighted by atomic mass is 9.96. The molecule has 186 valence electrons. The Morgan fingerprint density at radius 2 is 1.97 bits per heavy atom. The molecule has 0 N–H and O–H groups in total. The summed E-state index contributed by atoms with van der Waals surface area (Å²) in [5.74, 6) is 0.567. The number of likely N-dealkylation sites (tertiary alicyclic amines) is 2. The van der Waals surface area contributed by atoms with Crippen molar-refractivity contribution in [2.24, 2.45) is 0 Å². The van der Waals surface area contributed by atoms with E-state index in [2.05, 4.69) is 35.9 Å². The number of rotatable bonds is 7. The number of nitrogens with zero attached hydrogens (tertiary/aromatic N) is 4. The molecule has 6 nitrogen and oxygen atoms in total. The van der Waals surface area contributed by atoms with Crippen molar-refractivity contribution in [2.75, 3.05) is 19.7 Å². The molecule has 2 bridgehead atoms. The monoisotopic (exact) mass is 486 g/mol. The lowest BCUT2D eigenvalue weighted by Crippen LogP contribution is -2.49. The minimum Gasteiger partial charge on any atom is -0.493 e. The van der Waals surface area contributed by atoms with Crippen LogP contribution in [0.25, 0.3) is 0 Å². The van der Waals surface area contributed by atoms with Gasteiger partial charge in [0.15, 0.2) is 0 Å². The molecule has 3 heterocycles. The van der Waals surface area contributed by atoms with E-state index in [1.165, 1.54) is 17.2 Å². The molecule has 0 saturated carbocycles. The summed E-state index contributed by atoms with van der Waals surface area (Å²) in [5.41, 5.74) is 2.65. The Labute approximate surface area is 203 Å². The maximum atomic E-state index is 13.0. The van der Waals surface area contributed by atoms with E-state index in [4.69, 9.17) is 10.00 Å². The lowest BCUT2D eigenvalue weighted by molar-refractivity contribution is -0.141. The van der Waals surface area contributed by atoms with Crippen LogP contribution in [0.2, 0.25) is 0 Å². The van der Waals surface area contributed by atoms with Crippen molar-refractivity contribution in [2.45, 2.75) is 64.3 Å². The number of hydrogen-bond donors (Lipinski definition) is 0. The SMILES string of the molecule is Cc1c(OCCCC#N)ccc([C@H](C)N2C[C@@H]3C[C@H]2CN3C(=O)c2ccc(C(F)(F)F)nc2)c1C. The van der Waals surface area contributed by atoms with Crippen LogP contribution in [-0.2, 0) is 6.18 Å². The number of fused-ring (bicyclic) bond motifs is 2. The van der Waals surface area contributed by atoms with Crippen molar-refractivity contribution in [3.63, 3.8) is 0 Å². The molecule has 35 heavy (non-hydrogen) atoms. The van der Waals surface area contributed by atoms with Gasteiger partial charge in [0.2, 0.25) is 0 Å². The Morgan fingerprint density at radius 3 is 2.57 bits per heavy atom. The number of unbranched alkanes of at least 4 members (excludes halogenated alkanes) is 1. The third kappa shape index (κ3) is 4.98. The van der Waals surface area contributed by atoms with Crippen LogP contribution < -0.4 is 4.74 Å². The van der Waals surface area contributed by atoms with Gasteiger partial charge in [-0.1, -0.05) is 6.07 Å². The zero-order valence-corrected chi connectivity index (χ0v) is 20.1. The van der Waals surface area contributed by atoms with E-state index in [1.54, 1.807) is 4.90 Å². The van der Waals surface area contributed by atoms with E-state index in [9.17, 15) is 18.0 Å². The number of carbonyl (C=O) groups is 1. The van der Waals surface area contributed by atoms with Gasteiger partial charge in [0.1, 0.15) is 11.4 Å². The Kier molecular flexibility index (Phi) is 7.04. The van der Waals surface area contributed by atoms with Gasteiger partial charge in [0.05, 0.1) is 18.2 Å². The van der Waals surface area contributed by atoms with Gasteiger partial charge in [0.25, 0.3) is 5.91 Å². The highest BCUT2D eigenvalue weighted by molar-refractivity contribution is 5.94. The van der Waals surface area contributed by atoms with Crippen molar-refractivity contribution < 1.29 is 22.7 Å². The summed E-state index contributed by atoms with van der Waals surface area (Å²) in [7, 11) is 0. The number of carbonyl (C=O) groups excluding carboxylic acids is 1. The summed E-state index contributed by atoms with van der Waals surface area (Å²) in [6.07, 6.45) is -1.49. The van der Waals surface area contributed by atoms with Gasteiger partial charge in [-0.3, -0.25) is 14.7 Å². The fourth-order valence-corrected chi connectivity index (χ4v) is 5.21. The van der Waals surface area contributed by atoms with Crippen LogP contribution in [0.15, 0.2) is 30.5 Å². The van der Waals surface area contributed by atoms with Gasteiger partial charge in [0, 0.05) is 43.8 Å². The van der Waals surface area contributed by atoms with Crippen LogP contribution in [0.3, 0.4) is 0 Å². The van der Waals surface area contributed by atoms with Gasteiger partial charge in [-0.25, -0.2) is 0 Å². The van der Waals surface area contributed by atoms with Gasteiger partial charge < -0.3 is 9.64 Å². The zero-order chi connectivity index (χ0) is 25.3. The Bertz CT molecular complexity index is 1130. The van der Waals surface area contributed by atoms with E-state index in [0.29, 0.717) is 26.0 Å². The lowest BCUT2D eigenvalue weighted by Gasteiger charge is -2.38. The second kappa shape index (κ2) is 9.86. The molecule has 1 amide bonds. The number of hydrogen-bond acceptors (Lipinski definition) is 5. The molecule has 2 aromatic rings. The first-order chi connectivity index (χ1) is 16.6. The highest BCUT2D eigenvalue weighted by Crippen LogP contribution is 2.39. The first-order valence-corrected chi connectivity index (χ1v) is 11.8. The number of alkyl halides is 3. The number of ether oxygens (including phenoxy) is 1. The molecular weight excluding hydrogens is 457 g/mol. The molecule has 1 aromatic heterocycles. The van der Waals surface area contributed by atoms with Crippen LogP contribution in [0.1, 0.15) is 65.0 Å². The predicted molar refractivity (Wildman–Crippen MR) is 124 cm³/mol. The number of pyridine rings is 1. The summed E-state index contributed by atoms with van der Waals surface area (Å²) >= 11 is 0. The Balaban J connectivity index is 1.41. The molecule has 2 aliphatic heterocycles. The molecule has 0 unspecified atom stereocenters. The fraction of sp³-hybridized carbons (Fsp3) is 0.500. The van der Waals surface area contributed by atoms with Crippen LogP contribution in [0.5, 0.6) is 5.75 Å². The second-order valence-corrected chi connectivity index (χ2v) is 9.32. The van der Waals surface area contributed by atoms with Crippen LogP contribution >= 0.6 is 0 Å². The molecule has 2 fully saturated rings. The van der Waals surface area contributed by atoms with Crippen LogP contribution in [-0.4, -0.2) is 52.5 Å². The molecule has 4 rings (SSSR count). The van der Waals surface area contributed by atoms with Gasteiger partial charge in [-0.05, 0) is 68.5 Å². The fourth-order valence-electron chi connectivity index (χ4n) is 5.21. The largest absolute Gasteiger partial charge is 0.493 e. The molecule has 2 aliphatic rings. The summed E-state index contributed by atoms with van der Waals surface area (Å²) in [6, 6.07) is 8.65.